The second kappa shape index (κ2) is 7.33. The normalized spacial score (nSPS) is 10.8. The number of fused-ring (bicyclic) bond motifs is 2. The van der Waals surface area contributed by atoms with Gasteiger partial charge in [-0.05, 0) is 34.5 Å². The van der Waals surface area contributed by atoms with Gasteiger partial charge in [0.2, 0.25) is 0 Å². The Morgan fingerprint density at radius 1 is 0.889 bits per heavy atom. The molecule has 0 aliphatic carbocycles. The van der Waals surface area contributed by atoms with Crippen LogP contribution >= 0.6 is 0 Å². The van der Waals surface area contributed by atoms with Crippen molar-refractivity contribution in [2.45, 2.75) is 6.61 Å². The molecule has 0 fully saturated rings. The van der Waals surface area contributed by atoms with E-state index in [1.165, 1.54) is 6.07 Å². The quantitative estimate of drug-likeness (QED) is 0.396. The Labute approximate surface area is 154 Å². The molecule has 0 saturated heterocycles. The van der Waals surface area contributed by atoms with Crippen LogP contribution in [0.15, 0.2) is 82.0 Å². The van der Waals surface area contributed by atoms with Crippen molar-refractivity contribution in [1.82, 2.24) is 0 Å². The van der Waals surface area contributed by atoms with E-state index in [2.05, 4.69) is 0 Å². The Bertz CT molecular complexity index is 1170. The second-order valence-electron chi connectivity index (χ2n) is 6.04. The van der Waals surface area contributed by atoms with Gasteiger partial charge in [-0.3, -0.25) is 0 Å². The number of carbonyl (C=O) groups is 1. The van der Waals surface area contributed by atoms with Crippen molar-refractivity contribution < 1.29 is 18.7 Å². The standard InChI is InChI=1S/C22H16O5/c23-21-11-9-16-8-10-18(12-20(16)27-21)25-14-22(24)26-13-17-6-3-5-15-4-1-2-7-19(15)17/h1-12H,13-14H2. The van der Waals surface area contributed by atoms with Gasteiger partial charge < -0.3 is 13.9 Å². The van der Waals surface area contributed by atoms with Crippen LogP contribution in [0.1, 0.15) is 5.56 Å². The topological polar surface area (TPSA) is 65.7 Å². The molecule has 3 aromatic carbocycles. The maximum Gasteiger partial charge on any atom is 0.344 e. The van der Waals surface area contributed by atoms with Crippen LogP contribution in [0, 0.1) is 0 Å². The van der Waals surface area contributed by atoms with Gasteiger partial charge in [0.15, 0.2) is 6.61 Å². The molecule has 0 aliphatic heterocycles. The molecule has 0 aliphatic rings. The van der Waals surface area contributed by atoms with Crippen molar-refractivity contribution >= 4 is 27.7 Å². The van der Waals surface area contributed by atoms with Gasteiger partial charge in [-0.2, -0.15) is 0 Å². The zero-order chi connectivity index (χ0) is 18.6. The third-order valence-corrected chi connectivity index (χ3v) is 4.22. The van der Waals surface area contributed by atoms with E-state index in [0.29, 0.717) is 11.3 Å². The van der Waals surface area contributed by atoms with Crippen LogP contribution in [0.4, 0.5) is 0 Å². The molecule has 0 spiro atoms. The molecule has 1 aromatic heterocycles. The fraction of sp³-hybridized carbons (Fsp3) is 0.0909. The summed E-state index contributed by atoms with van der Waals surface area (Å²) in [6, 6.07) is 21.9. The first-order chi connectivity index (χ1) is 13.2. The molecule has 1 heterocycles. The van der Waals surface area contributed by atoms with Crippen LogP contribution in [0.3, 0.4) is 0 Å². The first-order valence-corrected chi connectivity index (χ1v) is 8.48. The monoisotopic (exact) mass is 360 g/mol. The summed E-state index contributed by atoms with van der Waals surface area (Å²) in [5, 5.41) is 2.93. The lowest BCUT2D eigenvalue weighted by Crippen LogP contribution is -2.14. The van der Waals surface area contributed by atoms with E-state index in [4.69, 9.17) is 13.9 Å². The minimum atomic E-state index is -0.474. The fourth-order valence-electron chi connectivity index (χ4n) is 2.89. The Balaban J connectivity index is 1.39. The van der Waals surface area contributed by atoms with E-state index >= 15 is 0 Å². The molecule has 5 nitrogen and oxygen atoms in total. The van der Waals surface area contributed by atoms with Gasteiger partial charge in [-0.15, -0.1) is 0 Å². The zero-order valence-corrected chi connectivity index (χ0v) is 14.4. The van der Waals surface area contributed by atoms with E-state index < -0.39 is 11.6 Å². The van der Waals surface area contributed by atoms with E-state index in [1.807, 2.05) is 42.5 Å². The van der Waals surface area contributed by atoms with Crippen molar-refractivity contribution in [2.75, 3.05) is 6.61 Å². The SMILES string of the molecule is O=C(COc1ccc2ccc(=O)oc2c1)OCc1cccc2ccccc12. The predicted molar refractivity (Wildman–Crippen MR) is 102 cm³/mol. The summed E-state index contributed by atoms with van der Waals surface area (Å²) in [6.07, 6.45) is 0. The Kier molecular flexibility index (Phi) is 4.58. The van der Waals surface area contributed by atoms with Gasteiger partial charge in [0.1, 0.15) is 17.9 Å². The van der Waals surface area contributed by atoms with Crippen molar-refractivity contribution in [3.8, 4) is 5.75 Å². The molecule has 4 rings (SSSR count). The fourth-order valence-corrected chi connectivity index (χ4v) is 2.89. The van der Waals surface area contributed by atoms with E-state index in [1.54, 1.807) is 24.3 Å². The first-order valence-electron chi connectivity index (χ1n) is 8.48. The summed E-state index contributed by atoms with van der Waals surface area (Å²) in [5.74, 6) is -0.0449. The van der Waals surface area contributed by atoms with Crippen molar-refractivity contribution in [1.29, 1.82) is 0 Å². The number of carbonyl (C=O) groups excluding carboxylic acids is 1. The Morgan fingerprint density at radius 2 is 1.70 bits per heavy atom. The second-order valence-corrected chi connectivity index (χ2v) is 6.04. The number of hydrogen-bond donors (Lipinski definition) is 0. The maximum atomic E-state index is 12.0. The molecule has 0 saturated carbocycles. The Morgan fingerprint density at radius 3 is 2.63 bits per heavy atom. The highest BCUT2D eigenvalue weighted by Crippen LogP contribution is 2.20. The van der Waals surface area contributed by atoms with Crippen LogP contribution in [-0.2, 0) is 16.1 Å². The summed E-state index contributed by atoms with van der Waals surface area (Å²) in [7, 11) is 0. The first kappa shape index (κ1) is 16.8. The number of esters is 1. The molecule has 0 bridgehead atoms. The molecule has 27 heavy (non-hydrogen) atoms. The van der Waals surface area contributed by atoms with Gasteiger partial charge in [0, 0.05) is 17.5 Å². The molecule has 4 aromatic rings. The number of hydrogen-bond acceptors (Lipinski definition) is 5. The number of benzene rings is 3. The lowest BCUT2D eigenvalue weighted by Gasteiger charge is -2.09. The van der Waals surface area contributed by atoms with Gasteiger partial charge in [0.05, 0.1) is 0 Å². The van der Waals surface area contributed by atoms with Crippen molar-refractivity contribution in [3.05, 3.63) is 88.8 Å². The van der Waals surface area contributed by atoms with Crippen molar-refractivity contribution in [3.63, 3.8) is 0 Å². The van der Waals surface area contributed by atoms with Gasteiger partial charge in [-0.1, -0.05) is 42.5 Å². The third-order valence-electron chi connectivity index (χ3n) is 4.22. The van der Waals surface area contributed by atoms with Gasteiger partial charge >= 0.3 is 11.6 Å². The van der Waals surface area contributed by atoms with Crippen LogP contribution in [0.2, 0.25) is 0 Å². The molecular formula is C22H16O5. The minimum absolute atomic E-state index is 0.177. The van der Waals surface area contributed by atoms with Gasteiger partial charge in [-0.25, -0.2) is 9.59 Å². The molecule has 5 heteroatoms. The third kappa shape index (κ3) is 3.82. The number of rotatable bonds is 5. The van der Waals surface area contributed by atoms with E-state index in [9.17, 15) is 9.59 Å². The maximum absolute atomic E-state index is 12.0. The van der Waals surface area contributed by atoms with Crippen molar-refractivity contribution in [2.24, 2.45) is 0 Å². The summed E-state index contributed by atoms with van der Waals surface area (Å²) in [5.41, 5.74) is 0.909. The minimum Gasteiger partial charge on any atom is -0.482 e. The molecule has 134 valence electrons. The van der Waals surface area contributed by atoms with Gasteiger partial charge in [0.25, 0.3) is 0 Å². The van der Waals surface area contributed by atoms with E-state index in [0.717, 1.165) is 21.7 Å². The average molecular weight is 360 g/mol. The number of ether oxygens (including phenoxy) is 2. The highest BCUT2D eigenvalue weighted by molar-refractivity contribution is 5.85. The van der Waals surface area contributed by atoms with Crippen LogP contribution < -0.4 is 10.4 Å². The lowest BCUT2D eigenvalue weighted by atomic mass is 10.1. The summed E-state index contributed by atoms with van der Waals surface area (Å²) >= 11 is 0. The van der Waals surface area contributed by atoms with Crippen LogP contribution in [-0.4, -0.2) is 12.6 Å². The molecule has 0 N–H and O–H groups in total. The lowest BCUT2D eigenvalue weighted by molar-refractivity contribution is -0.147. The summed E-state index contributed by atoms with van der Waals surface area (Å²) in [4.78, 5) is 23.3. The molecule has 0 radical (unpaired) electrons. The molecule has 0 atom stereocenters. The molecule has 0 amide bonds. The summed E-state index contributed by atoms with van der Waals surface area (Å²) < 4.78 is 15.9. The predicted octanol–water partition coefficient (Wildman–Crippen LogP) is 4.07. The molecule has 0 unspecified atom stereocenters. The largest absolute Gasteiger partial charge is 0.482 e. The molecular weight excluding hydrogens is 344 g/mol. The summed E-state index contributed by atoms with van der Waals surface area (Å²) in [6.45, 7) is -0.0521. The zero-order valence-electron chi connectivity index (χ0n) is 14.4. The highest BCUT2D eigenvalue weighted by atomic mass is 16.6. The Hall–Kier alpha value is -3.60. The highest BCUT2D eigenvalue weighted by Gasteiger charge is 2.08. The smallest absolute Gasteiger partial charge is 0.344 e. The average Bonchev–Trinajstić information content (AvgIpc) is 2.70. The van der Waals surface area contributed by atoms with Crippen LogP contribution in [0.25, 0.3) is 21.7 Å². The van der Waals surface area contributed by atoms with Crippen LogP contribution in [0.5, 0.6) is 5.75 Å². The van der Waals surface area contributed by atoms with E-state index in [-0.39, 0.29) is 13.2 Å².